The van der Waals surface area contributed by atoms with Crippen molar-refractivity contribution in [1.29, 1.82) is 0 Å². The molecule has 2 rings (SSSR count). The first-order chi connectivity index (χ1) is 12.0. The van der Waals surface area contributed by atoms with E-state index in [1.54, 1.807) is 32.9 Å². The average Bonchev–Trinajstić information content (AvgIpc) is 2.87. The maximum absolute atomic E-state index is 12.1. The summed E-state index contributed by atoms with van der Waals surface area (Å²) in [7, 11) is -3.74. The molecule has 1 saturated heterocycles. The molecule has 1 heterocycles. The Hall–Kier alpha value is -2.53. The molecule has 8 heteroatoms. The van der Waals surface area contributed by atoms with E-state index in [0.29, 0.717) is 0 Å². The fourth-order valence-corrected chi connectivity index (χ4v) is 3.01. The van der Waals surface area contributed by atoms with E-state index in [9.17, 15) is 18.0 Å². The highest BCUT2D eigenvalue weighted by molar-refractivity contribution is 7.96. The van der Waals surface area contributed by atoms with E-state index in [2.05, 4.69) is 11.2 Å². The van der Waals surface area contributed by atoms with Crippen LogP contribution in [-0.4, -0.2) is 43.8 Å². The molecule has 1 fully saturated rings. The minimum absolute atomic E-state index is 0.00384. The van der Waals surface area contributed by atoms with Gasteiger partial charge in [-0.25, -0.2) is 22.9 Å². The van der Waals surface area contributed by atoms with Gasteiger partial charge in [-0.2, -0.15) is 0 Å². The summed E-state index contributed by atoms with van der Waals surface area (Å²) in [6.07, 6.45) is -2.33. The van der Waals surface area contributed by atoms with E-state index in [1.165, 1.54) is 12.1 Å². The third-order valence-electron chi connectivity index (χ3n) is 3.36. The van der Waals surface area contributed by atoms with Gasteiger partial charge in [0.25, 0.3) is 0 Å². The Balaban J connectivity index is 1.99. The van der Waals surface area contributed by atoms with Crippen LogP contribution in [0.5, 0.6) is 0 Å². The number of nitrogens with zero attached hydrogens (tertiary/aromatic N) is 1. The Morgan fingerprint density at radius 2 is 1.92 bits per heavy atom. The molecule has 1 aliphatic rings. The third-order valence-corrected chi connectivity index (χ3v) is 4.66. The molecule has 0 aliphatic carbocycles. The number of carbonyl (C=O) groups is 2. The van der Waals surface area contributed by atoms with Gasteiger partial charge >= 0.3 is 12.2 Å². The zero-order valence-electron chi connectivity index (χ0n) is 15.1. The maximum atomic E-state index is 12.1. The minimum atomic E-state index is -3.74. The zero-order valence-corrected chi connectivity index (χ0v) is 15.9. The second-order valence-electron chi connectivity index (χ2n) is 6.90. The van der Waals surface area contributed by atoms with Crippen LogP contribution in [-0.2, 0) is 19.3 Å². The molecular formula is C18H21NO6S. The van der Waals surface area contributed by atoms with E-state index >= 15 is 0 Å². The van der Waals surface area contributed by atoms with Gasteiger partial charge in [0, 0.05) is 11.7 Å². The molecule has 2 amide bonds. The van der Waals surface area contributed by atoms with Gasteiger partial charge in [0.15, 0.2) is 0 Å². The van der Waals surface area contributed by atoms with Gasteiger partial charge in [-0.3, -0.25) is 0 Å². The van der Waals surface area contributed by atoms with Crippen LogP contribution >= 0.6 is 0 Å². The number of hydrogen-bond donors (Lipinski definition) is 0. The molecule has 140 valence electrons. The van der Waals surface area contributed by atoms with Crippen LogP contribution in [0.25, 0.3) is 0 Å². The largest absolute Gasteiger partial charge is 0.443 e. The van der Waals surface area contributed by atoms with Crippen molar-refractivity contribution >= 4 is 22.0 Å². The second-order valence-corrected chi connectivity index (χ2v) is 8.58. The molecule has 1 atom stereocenters. The standard InChI is InChI=1S/C18H21NO6S/c1-13-7-9-15(10-8-13)26(22,23)11-5-6-14-12-19(16(20)24-14)17(21)25-18(2,3)4/h7-10,14H,6,12H2,1-4H3. The molecule has 0 aromatic heterocycles. The first kappa shape index (κ1) is 19.8. The number of benzene rings is 1. The van der Waals surface area contributed by atoms with Crippen molar-refractivity contribution in [3.63, 3.8) is 0 Å². The first-order valence-electron chi connectivity index (χ1n) is 8.00. The predicted molar refractivity (Wildman–Crippen MR) is 94.0 cm³/mol. The lowest BCUT2D eigenvalue weighted by Gasteiger charge is -2.22. The summed E-state index contributed by atoms with van der Waals surface area (Å²) < 4.78 is 34.4. The van der Waals surface area contributed by atoms with Gasteiger partial charge in [0.05, 0.1) is 11.4 Å². The summed E-state index contributed by atoms with van der Waals surface area (Å²) in [5.41, 5.74) is 0.203. The molecule has 26 heavy (non-hydrogen) atoms. The molecule has 7 nitrogen and oxygen atoms in total. The molecule has 0 radical (unpaired) electrons. The fraction of sp³-hybridized carbons (Fsp3) is 0.444. The SMILES string of the molecule is Cc1ccc(S(=O)(=O)C#CCC2CN(C(=O)OC(C)(C)C)C(=O)O2)cc1. The van der Waals surface area contributed by atoms with Crippen LogP contribution in [0.2, 0.25) is 0 Å². The van der Waals surface area contributed by atoms with Gasteiger partial charge in [-0.05, 0) is 39.8 Å². The number of amides is 2. The summed E-state index contributed by atoms with van der Waals surface area (Å²) in [5.74, 6) is 2.52. The summed E-state index contributed by atoms with van der Waals surface area (Å²) in [5, 5.41) is 2.22. The van der Waals surface area contributed by atoms with Gasteiger partial charge in [-0.15, -0.1) is 0 Å². The van der Waals surface area contributed by atoms with Crippen molar-refractivity contribution < 1.29 is 27.5 Å². The highest BCUT2D eigenvalue weighted by Gasteiger charge is 2.37. The Morgan fingerprint density at radius 1 is 1.31 bits per heavy atom. The Labute approximate surface area is 153 Å². The molecule has 0 bridgehead atoms. The fourth-order valence-electron chi connectivity index (χ4n) is 2.12. The van der Waals surface area contributed by atoms with Crippen LogP contribution in [0.15, 0.2) is 29.2 Å². The van der Waals surface area contributed by atoms with Crippen molar-refractivity contribution in [3.05, 3.63) is 29.8 Å². The Morgan fingerprint density at radius 3 is 2.50 bits per heavy atom. The highest BCUT2D eigenvalue weighted by atomic mass is 32.2. The molecule has 1 aromatic carbocycles. The van der Waals surface area contributed by atoms with Crippen LogP contribution in [0, 0.1) is 18.1 Å². The van der Waals surface area contributed by atoms with Crippen LogP contribution in [0.3, 0.4) is 0 Å². The van der Waals surface area contributed by atoms with Gasteiger partial charge in [0.2, 0.25) is 9.84 Å². The number of cyclic esters (lactones) is 1. The maximum Gasteiger partial charge on any atom is 0.419 e. The van der Waals surface area contributed by atoms with E-state index < -0.39 is 33.7 Å². The van der Waals surface area contributed by atoms with Crippen molar-refractivity contribution in [1.82, 2.24) is 4.90 Å². The Bertz CT molecular complexity index is 856. The van der Waals surface area contributed by atoms with Crippen LogP contribution in [0.4, 0.5) is 9.59 Å². The molecule has 1 aliphatic heterocycles. The van der Waals surface area contributed by atoms with Gasteiger partial charge < -0.3 is 9.47 Å². The van der Waals surface area contributed by atoms with E-state index in [4.69, 9.17) is 9.47 Å². The van der Waals surface area contributed by atoms with Gasteiger partial charge in [-0.1, -0.05) is 23.6 Å². The number of rotatable bonds is 2. The van der Waals surface area contributed by atoms with Crippen molar-refractivity contribution in [2.45, 2.75) is 50.7 Å². The van der Waals surface area contributed by atoms with Crippen LogP contribution in [0.1, 0.15) is 32.8 Å². The molecule has 0 spiro atoms. The van der Waals surface area contributed by atoms with Crippen molar-refractivity contribution in [2.24, 2.45) is 0 Å². The smallest absolute Gasteiger partial charge is 0.419 e. The van der Waals surface area contributed by atoms with Gasteiger partial charge in [0.1, 0.15) is 11.7 Å². The second kappa shape index (κ2) is 7.38. The van der Waals surface area contributed by atoms with E-state index in [0.717, 1.165) is 10.5 Å². The number of aryl methyl sites for hydroxylation is 1. The lowest BCUT2D eigenvalue weighted by atomic mass is 10.2. The topological polar surface area (TPSA) is 90.0 Å². The predicted octanol–water partition coefficient (Wildman–Crippen LogP) is 2.88. The third kappa shape index (κ3) is 5.23. The quantitative estimate of drug-likeness (QED) is 0.580. The summed E-state index contributed by atoms with van der Waals surface area (Å²) in [4.78, 5) is 24.6. The first-order valence-corrected chi connectivity index (χ1v) is 9.49. The van der Waals surface area contributed by atoms with E-state index in [1.807, 2.05) is 6.92 Å². The number of sulfone groups is 1. The number of carbonyl (C=O) groups excluding carboxylic acids is 2. The number of ether oxygens (including phenoxy) is 2. The average molecular weight is 379 g/mol. The lowest BCUT2D eigenvalue weighted by molar-refractivity contribution is 0.0339. The molecular weight excluding hydrogens is 358 g/mol. The van der Waals surface area contributed by atoms with E-state index in [-0.39, 0.29) is 17.9 Å². The number of hydrogen-bond acceptors (Lipinski definition) is 6. The summed E-state index contributed by atoms with van der Waals surface area (Å²) in [6.45, 7) is 6.88. The highest BCUT2D eigenvalue weighted by Crippen LogP contribution is 2.18. The lowest BCUT2D eigenvalue weighted by Crippen LogP contribution is -2.37. The minimum Gasteiger partial charge on any atom is -0.443 e. The Kier molecular flexibility index (Phi) is 5.62. The zero-order chi connectivity index (χ0) is 19.5. The normalized spacial score (nSPS) is 17.3. The van der Waals surface area contributed by atoms with Crippen molar-refractivity contribution in [2.75, 3.05) is 6.54 Å². The summed E-state index contributed by atoms with van der Waals surface area (Å²) >= 11 is 0. The van der Waals surface area contributed by atoms with Crippen molar-refractivity contribution in [3.8, 4) is 11.2 Å². The van der Waals surface area contributed by atoms with Crippen LogP contribution < -0.4 is 0 Å². The molecule has 1 aromatic rings. The number of imide groups is 1. The summed E-state index contributed by atoms with van der Waals surface area (Å²) in [6, 6.07) is 6.34. The molecule has 0 saturated carbocycles. The molecule has 1 unspecified atom stereocenters. The molecule has 0 N–H and O–H groups in total. The monoisotopic (exact) mass is 379 g/mol.